The Morgan fingerprint density at radius 3 is 2.08 bits per heavy atom. The summed E-state index contributed by atoms with van der Waals surface area (Å²) in [5.41, 5.74) is 3.39. The summed E-state index contributed by atoms with van der Waals surface area (Å²) in [5, 5.41) is 20.5. The van der Waals surface area contributed by atoms with Gasteiger partial charge in [0.1, 0.15) is 0 Å². The average Bonchev–Trinajstić information content (AvgIpc) is 2.67. The van der Waals surface area contributed by atoms with Crippen LogP contribution < -0.4 is 18.9 Å². The van der Waals surface area contributed by atoms with E-state index in [2.05, 4.69) is 0 Å². The van der Waals surface area contributed by atoms with Crippen molar-refractivity contribution < 1.29 is 29.2 Å². The Labute approximate surface area is 152 Å². The maximum atomic E-state index is 10.4. The Morgan fingerprint density at radius 2 is 1.46 bits per heavy atom. The summed E-state index contributed by atoms with van der Waals surface area (Å²) in [5.74, 6) is 1.48. The van der Waals surface area contributed by atoms with Gasteiger partial charge in [-0.05, 0) is 48.3 Å². The van der Waals surface area contributed by atoms with Crippen LogP contribution in [0.3, 0.4) is 0 Å². The SMILES string of the molecule is COc1ccc(C2=Cc3c(cc(OC)c(OC)c3OC)CC2)c(O)c1O. The molecule has 2 N–H and O–H groups in total. The van der Waals surface area contributed by atoms with Gasteiger partial charge in [0.2, 0.25) is 11.5 Å². The van der Waals surface area contributed by atoms with E-state index >= 15 is 0 Å². The van der Waals surface area contributed by atoms with Crippen LogP contribution in [0.4, 0.5) is 0 Å². The van der Waals surface area contributed by atoms with Gasteiger partial charge in [-0.25, -0.2) is 0 Å². The van der Waals surface area contributed by atoms with Crippen molar-refractivity contribution in [3.05, 3.63) is 34.9 Å². The molecule has 6 heteroatoms. The summed E-state index contributed by atoms with van der Waals surface area (Å²) in [6.07, 6.45) is 3.38. The number of phenols is 2. The number of allylic oxidation sites excluding steroid dienone is 1. The van der Waals surface area contributed by atoms with E-state index in [-0.39, 0.29) is 17.2 Å². The van der Waals surface area contributed by atoms with Crippen LogP contribution in [0.2, 0.25) is 0 Å². The first kappa shape index (κ1) is 17.8. The topological polar surface area (TPSA) is 77.4 Å². The minimum absolute atomic E-state index is 0.196. The number of fused-ring (bicyclic) bond motifs is 1. The number of ether oxygens (including phenoxy) is 4. The fourth-order valence-electron chi connectivity index (χ4n) is 3.31. The van der Waals surface area contributed by atoms with Crippen molar-refractivity contribution in [1.82, 2.24) is 0 Å². The molecule has 1 aliphatic rings. The Balaban J connectivity index is 2.16. The summed E-state index contributed by atoms with van der Waals surface area (Å²) in [7, 11) is 6.17. The van der Waals surface area contributed by atoms with E-state index in [0.717, 1.165) is 23.1 Å². The highest BCUT2D eigenvalue weighted by Crippen LogP contribution is 2.48. The predicted molar refractivity (Wildman–Crippen MR) is 98.6 cm³/mol. The Morgan fingerprint density at radius 1 is 0.769 bits per heavy atom. The first-order valence-corrected chi connectivity index (χ1v) is 8.17. The summed E-state index contributed by atoms with van der Waals surface area (Å²) < 4.78 is 21.5. The zero-order valence-corrected chi connectivity index (χ0v) is 15.3. The average molecular weight is 358 g/mol. The standard InChI is InChI=1S/C20H22O6/c1-23-15-8-7-13(17(21)18(15)22)11-5-6-12-10-16(24-2)20(26-4)19(25-3)14(12)9-11/h7-10,21-22H,5-6H2,1-4H3. The van der Waals surface area contributed by atoms with Crippen molar-refractivity contribution in [3.8, 4) is 34.5 Å². The Bertz CT molecular complexity index is 869. The zero-order chi connectivity index (χ0) is 18.8. The summed E-state index contributed by atoms with van der Waals surface area (Å²) in [4.78, 5) is 0. The van der Waals surface area contributed by atoms with E-state index in [1.165, 1.54) is 7.11 Å². The molecule has 0 amide bonds. The van der Waals surface area contributed by atoms with E-state index in [1.807, 2.05) is 12.1 Å². The molecule has 0 atom stereocenters. The van der Waals surface area contributed by atoms with Crippen molar-refractivity contribution in [3.63, 3.8) is 0 Å². The van der Waals surface area contributed by atoms with Crippen LogP contribution in [0.1, 0.15) is 23.1 Å². The highest BCUT2D eigenvalue weighted by atomic mass is 16.5. The monoisotopic (exact) mass is 358 g/mol. The van der Waals surface area contributed by atoms with Crippen molar-refractivity contribution in [1.29, 1.82) is 0 Å². The van der Waals surface area contributed by atoms with Gasteiger partial charge in [-0.1, -0.05) is 0 Å². The number of aryl methyl sites for hydroxylation is 1. The first-order valence-electron chi connectivity index (χ1n) is 8.17. The van der Waals surface area contributed by atoms with Crippen LogP contribution in [0.25, 0.3) is 11.6 Å². The van der Waals surface area contributed by atoms with Crippen molar-refractivity contribution in [2.75, 3.05) is 28.4 Å². The lowest BCUT2D eigenvalue weighted by Gasteiger charge is -2.23. The first-order chi connectivity index (χ1) is 12.5. The maximum Gasteiger partial charge on any atom is 0.203 e. The van der Waals surface area contributed by atoms with Gasteiger partial charge in [0.25, 0.3) is 0 Å². The molecule has 0 heterocycles. The molecule has 0 radical (unpaired) electrons. The normalized spacial score (nSPS) is 12.8. The molecule has 3 rings (SSSR count). The van der Waals surface area contributed by atoms with Gasteiger partial charge in [0, 0.05) is 11.1 Å². The smallest absolute Gasteiger partial charge is 0.203 e. The lowest BCUT2D eigenvalue weighted by atomic mass is 9.87. The van der Waals surface area contributed by atoms with Crippen molar-refractivity contribution in [2.45, 2.75) is 12.8 Å². The molecule has 0 spiro atoms. The summed E-state index contributed by atoms with van der Waals surface area (Å²) >= 11 is 0. The molecular weight excluding hydrogens is 336 g/mol. The highest BCUT2D eigenvalue weighted by Gasteiger charge is 2.24. The number of hydrogen-bond acceptors (Lipinski definition) is 6. The minimum Gasteiger partial charge on any atom is -0.504 e. The predicted octanol–water partition coefficient (Wildman–Crippen LogP) is 3.62. The third-order valence-electron chi connectivity index (χ3n) is 4.62. The van der Waals surface area contributed by atoms with Crippen LogP contribution in [-0.4, -0.2) is 38.7 Å². The van der Waals surface area contributed by atoms with Crippen LogP contribution in [0, 0.1) is 0 Å². The number of aromatic hydroxyl groups is 2. The van der Waals surface area contributed by atoms with E-state index in [1.54, 1.807) is 33.5 Å². The van der Waals surface area contributed by atoms with E-state index in [0.29, 0.717) is 29.2 Å². The Kier molecular flexibility index (Phi) is 4.84. The third kappa shape index (κ3) is 2.77. The highest BCUT2D eigenvalue weighted by molar-refractivity contribution is 5.90. The zero-order valence-electron chi connectivity index (χ0n) is 15.3. The lowest BCUT2D eigenvalue weighted by Crippen LogP contribution is -2.05. The molecule has 138 valence electrons. The second-order valence-corrected chi connectivity index (χ2v) is 5.90. The van der Waals surface area contributed by atoms with Crippen molar-refractivity contribution >= 4 is 11.6 Å². The van der Waals surface area contributed by atoms with Gasteiger partial charge in [0.05, 0.1) is 28.4 Å². The molecule has 0 saturated carbocycles. The van der Waals surface area contributed by atoms with Gasteiger partial charge in [-0.2, -0.15) is 0 Å². The van der Waals surface area contributed by atoms with Gasteiger partial charge in [-0.3, -0.25) is 0 Å². The molecule has 6 nitrogen and oxygen atoms in total. The summed E-state index contributed by atoms with van der Waals surface area (Å²) in [6, 6.07) is 5.31. The molecule has 0 bridgehead atoms. The minimum atomic E-state index is -0.268. The van der Waals surface area contributed by atoms with E-state index in [9.17, 15) is 10.2 Å². The van der Waals surface area contributed by atoms with Crippen molar-refractivity contribution in [2.24, 2.45) is 0 Å². The molecule has 2 aromatic rings. The van der Waals surface area contributed by atoms with Crippen LogP contribution >= 0.6 is 0 Å². The van der Waals surface area contributed by atoms with Crippen LogP contribution in [0.5, 0.6) is 34.5 Å². The second-order valence-electron chi connectivity index (χ2n) is 5.90. The maximum absolute atomic E-state index is 10.4. The van der Waals surface area contributed by atoms with E-state index < -0.39 is 0 Å². The van der Waals surface area contributed by atoms with E-state index in [4.69, 9.17) is 18.9 Å². The fourth-order valence-corrected chi connectivity index (χ4v) is 3.31. The second kappa shape index (κ2) is 7.07. The van der Waals surface area contributed by atoms with Crippen LogP contribution in [-0.2, 0) is 6.42 Å². The number of benzene rings is 2. The molecular formula is C20H22O6. The van der Waals surface area contributed by atoms with Gasteiger partial charge in [0.15, 0.2) is 23.0 Å². The van der Waals surface area contributed by atoms with Crippen LogP contribution in [0.15, 0.2) is 18.2 Å². The lowest BCUT2D eigenvalue weighted by molar-refractivity contribution is 0.323. The molecule has 1 aliphatic carbocycles. The molecule has 0 saturated heterocycles. The molecule has 0 aliphatic heterocycles. The molecule has 2 aromatic carbocycles. The third-order valence-corrected chi connectivity index (χ3v) is 4.62. The van der Waals surface area contributed by atoms with Gasteiger partial charge in [-0.15, -0.1) is 0 Å². The summed E-state index contributed by atoms with van der Waals surface area (Å²) in [6.45, 7) is 0. The number of phenolic OH excluding ortho intramolecular Hbond substituents is 2. The number of hydrogen-bond donors (Lipinski definition) is 2. The fraction of sp³-hybridized carbons (Fsp3) is 0.300. The van der Waals surface area contributed by atoms with Gasteiger partial charge < -0.3 is 29.2 Å². The number of methoxy groups -OCH3 is 4. The molecule has 0 aromatic heterocycles. The molecule has 0 fully saturated rings. The molecule has 26 heavy (non-hydrogen) atoms. The quantitative estimate of drug-likeness (QED) is 0.795. The largest absolute Gasteiger partial charge is 0.504 e. The number of rotatable bonds is 5. The Hall–Kier alpha value is -3.02. The van der Waals surface area contributed by atoms with Gasteiger partial charge >= 0.3 is 0 Å². The molecule has 0 unspecified atom stereocenters.